The van der Waals surface area contributed by atoms with Gasteiger partial charge in [0.1, 0.15) is 0 Å². The third-order valence-electron chi connectivity index (χ3n) is 3.22. The Hall–Kier alpha value is -2.17. The van der Waals surface area contributed by atoms with Gasteiger partial charge in [-0.2, -0.15) is 5.10 Å². The normalized spacial score (nSPS) is 10.4. The van der Waals surface area contributed by atoms with E-state index in [2.05, 4.69) is 17.3 Å². The van der Waals surface area contributed by atoms with E-state index in [1.54, 1.807) is 14.2 Å². The number of hydrogen-bond acceptors (Lipinski definition) is 4. The van der Waals surface area contributed by atoms with Crippen LogP contribution in [0.1, 0.15) is 18.2 Å². The van der Waals surface area contributed by atoms with Gasteiger partial charge in [0.2, 0.25) is 0 Å². The van der Waals surface area contributed by atoms with Gasteiger partial charge in [-0.05, 0) is 19.9 Å². The molecule has 2 rings (SSSR count). The summed E-state index contributed by atoms with van der Waals surface area (Å²) < 4.78 is 12.6. The average Bonchev–Trinajstić information content (AvgIpc) is 2.84. The molecule has 0 atom stereocenters. The van der Waals surface area contributed by atoms with E-state index < -0.39 is 0 Å². The molecule has 5 heteroatoms. The fourth-order valence-electron chi connectivity index (χ4n) is 2.14. The van der Waals surface area contributed by atoms with Gasteiger partial charge in [0.05, 0.1) is 25.6 Å². The Balaban J connectivity index is 2.16. The maximum atomic E-state index is 5.43. The number of benzene rings is 1. The number of nitrogens with zero attached hydrogens (tertiary/aromatic N) is 2. The zero-order chi connectivity index (χ0) is 14.5. The van der Waals surface area contributed by atoms with Crippen molar-refractivity contribution in [1.82, 2.24) is 9.78 Å². The predicted molar refractivity (Wildman–Crippen MR) is 79.5 cm³/mol. The number of ether oxygens (including phenoxy) is 2. The molecular formula is C15H21N3O2. The van der Waals surface area contributed by atoms with E-state index in [9.17, 15) is 0 Å². The summed E-state index contributed by atoms with van der Waals surface area (Å²) in [6.07, 6.45) is 2.02. The molecule has 0 aliphatic carbocycles. The van der Waals surface area contributed by atoms with E-state index in [1.165, 1.54) is 0 Å². The van der Waals surface area contributed by atoms with Gasteiger partial charge in [-0.3, -0.25) is 4.68 Å². The van der Waals surface area contributed by atoms with E-state index in [0.29, 0.717) is 6.54 Å². The molecule has 108 valence electrons. The maximum absolute atomic E-state index is 5.43. The average molecular weight is 275 g/mol. The first-order valence-electron chi connectivity index (χ1n) is 6.67. The van der Waals surface area contributed by atoms with Crippen molar-refractivity contribution in [3.63, 3.8) is 0 Å². The van der Waals surface area contributed by atoms with Crippen LogP contribution in [0.2, 0.25) is 0 Å². The number of nitrogens with one attached hydrogen (secondary N) is 1. The molecule has 0 amide bonds. The summed E-state index contributed by atoms with van der Waals surface area (Å²) in [6.45, 7) is 5.60. The summed E-state index contributed by atoms with van der Waals surface area (Å²) in [5.41, 5.74) is 3.08. The Bertz CT molecular complexity index is 578. The Morgan fingerprint density at radius 2 is 2.05 bits per heavy atom. The van der Waals surface area contributed by atoms with E-state index in [4.69, 9.17) is 9.47 Å². The molecule has 0 spiro atoms. The lowest BCUT2D eigenvalue weighted by atomic mass is 10.2. The third-order valence-corrected chi connectivity index (χ3v) is 3.22. The van der Waals surface area contributed by atoms with E-state index in [-0.39, 0.29) is 0 Å². The molecule has 0 saturated carbocycles. The van der Waals surface area contributed by atoms with Crippen molar-refractivity contribution in [2.24, 2.45) is 0 Å². The first kappa shape index (κ1) is 14.2. The number of rotatable bonds is 6. The van der Waals surface area contributed by atoms with Gasteiger partial charge >= 0.3 is 0 Å². The summed E-state index contributed by atoms with van der Waals surface area (Å²) in [5.74, 6) is 1.51. The molecule has 0 radical (unpaired) electrons. The van der Waals surface area contributed by atoms with E-state index in [0.717, 1.165) is 35.0 Å². The molecule has 0 unspecified atom stereocenters. The van der Waals surface area contributed by atoms with Gasteiger partial charge in [0.25, 0.3) is 0 Å². The van der Waals surface area contributed by atoms with Crippen molar-refractivity contribution in [2.45, 2.75) is 26.9 Å². The fourth-order valence-corrected chi connectivity index (χ4v) is 2.14. The minimum Gasteiger partial charge on any atom is -0.493 e. The monoisotopic (exact) mass is 275 g/mol. The Kier molecular flexibility index (Phi) is 4.50. The molecule has 0 bridgehead atoms. The van der Waals surface area contributed by atoms with Crippen LogP contribution >= 0.6 is 0 Å². The van der Waals surface area contributed by atoms with Crippen LogP contribution in [0.3, 0.4) is 0 Å². The molecule has 0 fully saturated rings. The van der Waals surface area contributed by atoms with Crippen LogP contribution in [0.15, 0.2) is 24.4 Å². The highest BCUT2D eigenvalue weighted by Crippen LogP contribution is 2.31. The molecule has 2 aromatic rings. The smallest absolute Gasteiger partial charge is 0.165 e. The molecule has 1 aromatic heterocycles. The highest BCUT2D eigenvalue weighted by Gasteiger charge is 2.10. The zero-order valence-electron chi connectivity index (χ0n) is 12.4. The van der Waals surface area contributed by atoms with Crippen molar-refractivity contribution in [3.8, 4) is 11.5 Å². The Morgan fingerprint density at radius 3 is 2.65 bits per heavy atom. The second kappa shape index (κ2) is 6.32. The van der Waals surface area contributed by atoms with Crippen LogP contribution in [0.5, 0.6) is 11.5 Å². The van der Waals surface area contributed by atoms with Gasteiger partial charge in [0, 0.05) is 24.8 Å². The lowest BCUT2D eigenvalue weighted by molar-refractivity contribution is 0.352. The van der Waals surface area contributed by atoms with Gasteiger partial charge in [-0.1, -0.05) is 12.1 Å². The summed E-state index contributed by atoms with van der Waals surface area (Å²) in [6, 6.07) is 5.87. The molecule has 0 aliphatic heterocycles. The van der Waals surface area contributed by atoms with Crippen molar-refractivity contribution < 1.29 is 9.47 Å². The highest BCUT2D eigenvalue weighted by atomic mass is 16.5. The van der Waals surface area contributed by atoms with E-state index in [1.807, 2.05) is 36.0 Å². The van der Waals surface area contributed by atoms with Crippen LogP contribution in [-0.4, -0.2) is 24.0 Å². The first-order valence-corrected chi connectivity index (χ1v) is 6.67. The number of methoxy groups -OCH3 is 2. The molecule has 0 saturated heterocycles. The summed E-state index contributed by atoms with van der Waals surface area (Å²) in [5, 5.41) is 7.81. The third kappa shape index (κ3) is 2.87. The summed E-state index contributed by atoms with van der Waals surface area (Å²) >= 11 is 0. The molecule has 5 nitrogen and oxygen atoms in total. The summed E-state index contributed by atoms with van der Waals surface area (Å²) in [7, 11) is 3.30. The van der Waals surface area contributed by atoms with Crippen LogP contribution < -0.4 is 14.8 Å². The van der Waals surface area contributed by atoms with Crippen molar-refractivity contribution in [2.75, 3.05) is 19.5 Å². The van der Waals surface area contributed by atoms with Crippen molar-refractivity contribution >= 4 is 5.69 Å². The van der Waals surface area contributed by atoms with E-state index >= 15 is 0 Å². The molecule has 1 heterocycles. The maximum Gasteiger partial charge on any atom is 0.165 e. The second-order valence-corrected chi connectivity index (χ2v) is 4.49. The van der Waals surface area contributed by atoms with Crippen LogP contribution in [0, 0.1) is 6.92 Å². The lowest BCUT2D eigenvalue weighted by Gasteiger charge is -2.13. The standard InChI is InChI=1S/C15H21N3O2/c1-5-18-10-13(11(2)17-18)16-9-12-7-6-8-14(19-3)15(12)20-4/h6-8,10,16H,5,9H2,1-4H3. The summed E-state index contributed by atoms with van der Waals surface area (Å²) in [4.78, 5) is 0. The van der Waals surface area contributed by atoms with Crippen LogP contribution in [0.25, 0.3) is 0 Å². The molecular weight excluding hydrogens is 254 g/mol. The van der Waals surface area contributed by atoms with Gasteiger partial charge in [-0.25, -0.2) is 0 Å². The largest absolute Gasteiger partial charge is 0.493 e. The molecule has 20 heavy (non-hydrogen) atoms. The predicted octanol–water partition coefficient (Wildman–Crippen LogP) is 2.84. The minimum atomic E-state index is 0.663. The first-order chi connectivity index (χ1) is 9.69. The Labute approximate surface area is 119 Å². The number of anilines is 1. The Morgan fingerprint density at radius 1 is 1.25 bits per heavy atom. The van der Waals surface area contributed by atoms with Gasteiger partial charge < -0.3 is 14.8 Å². The number of aryl methyl sites for hydroxylation is 2. The quantitative estimate of drug-likeness (QED) is 0.880. The fraction of sp³-hybridized carbons (Fsp3) is 0.400. The van der Waals surface area contributed by atoms with Crippen molar-refractivity contribution in [1.29, 1.82) is 0 Å². The minimum absolute atomic E-state index is 0.663. The molecule has 0 aliphatic rings. The van der Waals surface area contributed by atoms with Crippen LogP contribution in [-0.2, 0) is 13.1 Å². The van der Waals surface area contributed by atoms with Crippen LogP contribution in [0.4, 0.5) is 5.69 Å². The SMILES string of the molecule is CCn1cc(NCc2cccc(OC)c2OC)c(C)n1. The topological polar surface area (TPSA) is 48.3 Å². The van der Waals surface area contributed by atoms with Gasteiger partial charge in [-0.15, -0.1) is 0 Å². The zero-order valence-corrected chi connectivity index (χ0v) is 12.4. The number of hydrogen-bond donors (Lipinski definition) is 1. The van der Waals surface area contributed by atoms with Gasteiger partial charge in [0.15, 0.2) is 11.5 Å². The lowest BCUT2D eigenvalue weighted by Crippen LogP contribution is -2.03. The second-order valence-electron chi connectivity index (χ2n) is 4.49. The van der Waals surface area contributed by atoms with Crippen molar-refractivity contribution in [3.05, 3.63) is 35.7 Å². The highest BCUT2D eigenvalue weighted by molar-refractivity contribution is 5.51. The molecule has 1 N–H and O–H groups in total. The molecule has 1 aromatic carbocycles. The number of para-hydroxylation sites is 1. The number of aromatic nitrogens is 2.